The molecule has 0 aromatic heterocycles. The summed E-state index contributed by atoms with van der Waals surface area (Å²) < 4.78 is 30.6. The number of quaternary nitrogens is 1. The van der Waals surface area contributed by atoms with Crippen molar-refractivity contribution in [3.8, 4) is 0 Å². The molecule has 0 aliphatic carbocycles. The van der Waals surface area contributed by atoms with Gasteiger partial charge >= 0.3 is 13.8 Å². The van der Waals surface area contributed by atoms with Crippen LogP contribution in [0.25, 0.3) is 0 Å². The van der Waals surface area contributed by atoms with E-state index in [1.807, 2.05) is 33.3 Å². The fourth-order valence-corrected chi connectivity index (χ4v) is 9.06. The molecule has 0 rings (SSSR count). The summed E-state index contributed by atoms with van der Waals surface area (Å²) >= 11 is 0. The van der Waals surface area contributed by atoms with E-state index in [9.17, 15) is 19.0 Å². The van der Waals surface area contributed by atoms with Crippen LogP contribution in [0, 0.1) is 0 Å². The molecule has 0 aromatic carbocycles. The molecule has 0 aliphatic rings. The number of nitrogens with zero attached hydrogens (tertiary/aromatic N) is 1. The number of carbonyl (C=O) groups is 2. The van der Waals surface area contributed by atoms with E-state index in [1.165, 1.54) is 103 Å². The van der Waals surface area contributed by atoms with Gasteiger partial charge < -0.3 is 19.4 Å². The largest absolute Gasteiger partial charge is 0.472 e. The van der Waals surface area contributed by atoms with E-state index < -0.39 is 20.0 Å². The number of hydrogen-bond acceptors (Lipinski definition) is 6. The summed E-state index contributed by atoms with van der Waals surface area (Å²) in [5.74, 6) is -0.542. The number of amides is 1. The minimum absolute atomic E-state index is 0.0310. The Labute approximate surface area is 456 Å². The number of allylic oxidation sites excluding steroid dienone is 13. The van der Waals surface area contributed by atoms with Gasteiger partial charge in [0.1, 0.15) is 19.3 Å². The monoisotopic (exact) mass is 1060 g/mol. The first-order valence-corrected chi connectivity index (χ1v) is 31.9. The maximum atomic E-state index is 13.5. The van der Waals surface area contributed by atoms with Gasteiger partial charge in [0.15, 0.2) is 0 Å². The molecule has 9 nitrogen and oxygen atoms in total. The van der Waals surface area contributed by atoms with Gasteiger partial charge in [0, 0.05) is 12.8 Å². The Hall–Kier alpha value is -2.81. The summed E-state index contributed by atoms with van der Waals surface area (Å²) in [6.45, 7) is 6.93. The molecule has 0 aromatic rings. The first kappa shape index (κ1) is 71.2. The average Bonchev–Trinajstić information content (AvgIpc) is 3.36. The summed E-state index contributed by atoms with van der Waals surface area (Å²) in [6.07, 6.45) is 70.0. The predicted molar refractivity (Wildman–Crippen MR) is 318 cm³/mol. The van der Waals surface area contributed by atoms with Crippen molar-refractivity contribution in [3.05, 3.63) is 85.1 Å². The second kappa shape index (κ2) is 53.6. The summed E-state index contributed by atoms with van der Waals surface area (Å²) in [7, 11) is 1.47. The number of ether oxygens (including phenoxy) is 1. The van der Waals surface area contributed by atoms with Crippen LogP contribution in [0.3, 0.4) is 0 Å². The van der Waals surface area contributed by atoms with Crippen LogP contribution in [0.4, 0.5) is 0 Å². The molecular weight excluding hydrogens is 940 g/mol. The number of unbranched alkanes of at least 4 members (excludes halogenated alkanes) is 27. The molecule has 3 atom stereocenters. The first-order valence-electron chi connectivity index (χ1n) is 30.4. The minimum Gasteiger partial charge on any atom is -0.456 e. The Morgan fingerprint density at radius 1 is 0.486 bits per heavy atom. The quantitative estimate of drug-likeness (QED) is 0.0156. The molecule has 0 radical (unpaired) electrons. The molecule has 0 bridgehead atoms. The fourth-order valence-electron chi connectivity index (χ4n) is 8.33. The van der Waals surface area contributed by atoms with Gasteiger partial charge in [-0.2, -0.15) is 0 Å². The van der Waals surface area contributed by atoms with Crippen LogP contribution in [0.15, 0.2) is 85.1 Å². The van der Waals surface area contributed by atoms with Crippen molar-refractivity contribution in [1.29, 1.82) is 0 Å². The first-order chi connectivity index (χ1) is 35.9. The number of hydrogen-bond donors (Lipinski definition) is 2. The zero-order valence-corrected chi connectivity index (χ0v) is 49.7. The van der Waals surface area contributed by atoms with Crippen molar-refractivity contribution in [3.63, 3.8) is 0 Å². The highest BCUT2D eigenvalue weighted by atomic mass is 31.2. The lowest BCUT2D eigenvalue weighted by Gasteiger charge is -2.27. The molecular formula is C64H116N2O7P+. The molecule has 74 heavy (non-hydrogen) atoms. The van der Waals surface area contributed by atoms with Gasteiger partial charge in [-0.25, -0.2) is 4.57 Å². The number of phosphoric acid groups is 1. The van der Waals surface area contributed by atoms with Crippen LogP contribution in [0.1, 0.15) is 258 Å². The van der Waals surface area contributed by atoms with Crippen molar-refractivity contribution >= 4 is 19.7 Å². The summed E-state index contributed by atoms with van der Waals surface area (Å²) in [5, 5.41) is 3.04. The lowest BCUT2D eigenvalue weighted by molar-refractivity contribution is -0.870. The third-order valence-corrected chi connectivity index (χ3v) is 14.1. The fraction of sp³-hybridized carbons (Fsp3) is 0.750. The van der Waals surface area contributed by atoms with Gasteiger partial charge in [-0.3, -0.25) is 18.6 Å². The third kappa shape index (κ3) is 54.0. The zero-order chi connectivity index (χ0) is 54.3. The number of esters is 1. The molecule has 0 saturated heterocycles. The topological polar surface area (TPSA) is 111 Å². The van der Waals surface area contributed by atoms with E-state index in [4.69, 9.17) is 13.8 Å². The van der Waals surface area contributed by atoms with E-state index in [-0.39, 0.29) is 31.5 Å². The molecule has 0 saturated carbocycles. The van der Waals surface area contributed by atoms with Gasteiger partial charge in [-0.15, -0.1) is 0 Å². The number of phosphoric ester groups is 1. The van der Waals surface area contributed by atoms with E-state index in [0.29, 0.717) is 23.9 Å². The Bertz CT molecular complexity index is 1540. The zero-order valence-electron chi connectivity index (χ0n) is 48.8. The molecule has 0 aliphatic heterocycles. The molecule has 2 N–H and O–H groups in total. The maximum Gasteiger partial charge on any atom is 0.472 e. The summed E-state index contributed by atoms with van der Waals surface area (Å²) in [4.78, 5) is 37.7. The third-order valence-electron chi connectivity index (χ3n) is 13.1. The smallest absolute Gasteiger partial charge is 0.456 e. The Balaban J connectivity index is 5.33. The van der Waals surface area contributed by atoms with E-state index in [0.717, 1.165) is 116 Å². The van der Waals surface area contributed by atoms with E-state index >= 15 is 0 Å². The Morgan fingerprint density at radius 3 is 1.34 bits per heavy atom. The van der Waals surface area contributed by atoms with Gasteiger partial charge in [-0.1, -0.05) is 228 Å². The van der Waals surface area contributed by atoms with Gasteiger partial charge in [-0.05, 0) is 102 Å². The summed E-state index contributed by atoms with van der Waals surface area (Å²) in [6, 6.07) is -0.866. The van der Waals surface area contributed by atoms with Crippen molar-refractivity contribution < 1.29 is 37.3 Å². The lowest BCUT2D eigenvalue weighted by Crippen LogP contribution is -2.47. The van der Waals surface area contributed by atoms with Gasteiger partial charge in [0.25, 0.3) is 0 Å². The summed E-state index contributed by atoms with van der Waals surface area (Å²) in [5.41, 5.74) is 0. The van der Waals surface area contributed by atoms with Gasteiger partial charge in [0.2, 0.25) is 5.91 Å². The highest BCUT2D eigenvalue weighted by molar-refractivity contribution is 7.47. The normalized spacial score (nSPS) is 14.3. The molecule has 3 unspecified atom stereocenters. The molecule has 428 valence electrons. The van der Waals surface area contributed by atoms with E-state index in [1.54, 1.807) is 0 Å². The number of rotatable bonds is 54. The predicted octanol–water partition coefficient (Wildman–Crippen LogP) is 18.6. The van der Waals surface area contributed by atoms with Crippen molar-refractivity contribution in [2.45, 2.75) is 270 Å². The van der Waals surface area contributed by atoms with Gasteiger partial charge in [0.05, 0.1) is 33.8 Å². The minimum atomic E-state index is -4.46. The SMILES string of the molecule is CCCCC/C=C\C/C=C\C/C=C\C/C=C\CCCCCCCC(=O)OC(/C=C\CCCCCCCCCCCC)C(COP(=O)(O)OCC[N+](C)(C)C)NC(=O)CCCCCCCC/C=C/C=C/CCCCC. The van der Waals surface area contributed by atoms with Crippen molar-refractivity contribution in [2.24, 2.45) is 0 Å². The van der Waals surface area contributed by atoms with Crippen LogP contribution >= 0.6 is 7.82 Å². The van der Waals surface area contributed by atoms with Crippen LogP contribution in [0.5, 0.6) is 0 Å². The highest BCUT2D eigenvalue weighted by Crippen LogP contribution is 2.43. The molecule has 0 spiro atoms. The number of nitrogens with one attached hydrogen (secondary N) is 1. The standard InChI is InChI=1S/C64H115N2O7P/c1-7-10-13-16-19-22-25-28-30-31-32-33-34-35-37-39-42-45-48-51-54-57-64(68)73-62(55-52-49-46-43-40-27-24-21-18-15-12-9-3)61(60-72-74(69,70)71-59-58-66(4,5)6)65-63(67)56-53-50-47-44-41-38-36-29-26-23-20-17-14-11-8-2/h19-20,22-23,26,28-30,32-33,35,37,52,55,61-62H,7-18,21,24-25,27,31,34,36,38-51,53-54,56-60H2,1-6H3,(H-,65,67,69,70)/p+1/b22-19-,23-20+,29-26+,30-28-,33-32-,37-35-,55-52-. The van der Waals surface area contributed by atoms with Crippen LogP contribution in [-0.4, -0.2) is 74.3 Å². The van der Waals surface area contributed by atoms with Crippen molar-refractivity contribution in [2.75, 3.05) is 40.9 Å². The van der Waals surface area contributed by atoms with Crippen molar-refractivity contribution in [1.82, 2.24) is 5.32 Å². The molecule has 10 heteroatoms. The second-order valence-electron chi connectivity index (χ2n) is 21.5. The van der Waals surface area contributed by atoms with Crippen LogP contribution < -0.4 is 5.32 Å². The number of carbonyl (C=O) groups excluding carboxylic acids is 2. The molecule has 0 heterocycles. The molecule has 1 amide bonds. The highest BCUT2D eigenvalue weighted by Gasteiger charge is 2.30. The lowest BCUT2D eigenvalue weighted by atomic mass is 10.0. The van der Waals surface area contributed by atoms with Crippen LogP contribution in [0.2, 0.25) is 0 Å². The number of likely N-dealkylation sites (N-methyl/N-ethyl adjacent to an activating group) is 1. The Kier molecular flexibility index (Phi) is 51.5. The molecule has 0 fully saturated rings. The second-order valence-corrected chi connectivity index (χ2v) is 23.0. The average molecular weight is 1060 g/mol. The Morgan fingerprint density at radius 2 is 0.865 bits per heavy atom. The van der Waals surface area contributed by atoms with E-state index in [2.05, 4.69) is 99.0 Å². The van der Waals surface area contributed by atoms with Crippen LogP contribution in [-0.2, 0) is 27.9 Å². The maximum absolute atomic E-state index is 13.5.